The van der Waals surface area contributed by atoms with Gasteiger partial charge in [-0.2, -0.15) is 5.10 Å². The third-order valence-corrected chi connectivity index (χ3v) is 6.88. The highest BCUT2D eigenvalue weighted by Crippen LogP contribution is 2.39. The van der Waals surface area contributed by atoms with Gasteiger partial charge in [0.2, 0.25) is 0 Å². The third-order valence-electron chi connectivity index (χ3n) is 6.33. The van der Waals surface area contributed by atoms with Crippen molar-refractivity contribution in [2.24, 2.45) is 5.73 Å². The van der Waals surface area contributed by atoms with Crippen LogP contribution in [0.1, 0.15) is 22.6 Å². The number of likely N-dealkylation sites (N-methyl/N-ethyl adjacent to an activating group) is 1. The van der Waals surface area contributed by atoms with Crippen LogP contribution in [0.4, 0.5) is 5.82 Å². The Balaban J connectivity index is 1.33. The quantitative estimate of drug-likeness (QED) is 0.280. The van der Waals surface area contributed by atoms with Crippen molar-refractivity contribution in [2.45, 2.75) is 12.5 Å². The predicted octanol–water partition coefficient (Wildman–Crippen LogP) is 4.45. The number of ether oxygens (including phenoxy) is 3. The SMILES string of the molecule is CN1Cc2c(Cl)cc(Cl)cc2[C@H](c2cccc(-c3cnnc(NCCOCCOCCOCCN)c3)c2)C1. The van der Waals surface area contributed by atoms with Gasteiger partial charge in [-0.15, -0.1) is 5.10 Å². The molecule has 0 unspecified atom stereocenters. The van der Waals surface area contributed by atoms with Gasteiger partial charge < -0.3 is 30.2 Å². The highest BCUT2D eigenvalue weighted by molar-refractivity contribution is 6.35. The molecule has 3 N–H and O–H groups in total. The fourth-order valence-electron chi connectivity index (χ4n) is 4.55. The van der Waals surface area contributed by atoms with Gasteiger partial charge in [0.25, 0.3) is 0 Å². The van der Waals surface area contributed by atoms with E-state index in [2.05, 4.69) is 57.8 Å². The second-order valence-corrected chi connectivity index (χ2v) is 10.1. The maximum absolute atomic E-state index is 6.56. The van der Waals surface area contributed by atoms with E-state index in [-0.39, 0.29) is 5.92 Å². The van der Waals surface area contributed by atoms with E-state index in [0.717, 1.165) is 34.8 Å². The number of halogens is 2. The second kappa shape index (κ2) is 14.7. The van der Waals surface area contributed by atoms with Crippen LogP contribution < -0.4 is 11.1 Å². The van der Waals surface area contributed by atoms with Crippen LogP contribution in [0.2, 0.25) is 10.0 Å². The van der Waals surface area contributed by atoms with Crippen LogP contribution in [-0.2, 0) is 20.8 Å². The van der Waals surface area contributed by atoms with Gasteiger partial charge in [-0.1, -0.05) is 47.5 Å². The maximum atomic E-state index is 6.56. The summed E-state index contributed by atoms with van der Waals surface area (Å²) >= 11 is 12.9. The molecule has 0 bridgehead atoms. The summed E-state index contributed by atoms with van der Waals surface area (Å²) in [5.41, 5.74) is 11.0. The summed E-state index contributed by atoms with van der Waals surface area (Å²) in [4.78, 5) is 2.29. The van der Waals surface area contributed by atoms with Crippen molar-refractivity contribution < 1.29 is 14.2 Å². The molecule has 1 aliphatic rings. The summed E-state index contributed by atoms with van der Waals surface area (Å²) in [6.45, 7) is 6.06. The fraction of sp³-hybridized carbons (Fsp3) is 0.429. The monoisotopic (exact) mass is 559 g/mol. The van der Waals surface area contributed by atoms with E-state index in [9.17, 15) is 0 Å². The number of nitrogens with one attached hydrogen (secondary N) is 1. The molecule has 2 aromatic carbocycles. The Morgan fingerprint density at radius 1 is 0.974 bits per heavy atom. The van der Waals surface area contributed by atoms with E-state index in [1.807, 2.05) is 12.1 Å². The van der Waals surface area contributed by atoms with Crippen molar-refractivity contribution in [3.63, 3.8) is 0 Å². The number of fused-ring (bicyclic) bond motifs is 1. The largest absolute Gasteiger partial charge is 0.378 e. The Morgan fingerprint density at radius 2 is 1.74 bits per heavy atom. The van der Waals surface area contributed by atoms with E-state index >= 15 is 0 Å². The minimum absolute atomic E-state index is 0.173. The molecule has 8 nitrogen and oxygen atoms in total. The topological polar surface area (TPSA) is 94.8 Å². The van der Waals surface area contributed by atoms with Gasteiger partial charge in [0.15, 0.2) is 0 Å². The molecule has 0 radical (unpaired) electrons. The number of nitrogens with zero attached hydrogens (tertiary/aromatic N) is 3. The first kappa shape index (κ1) is 28.7. The third kappa shape index (κ3) is 8.10. The minimum Gasteiger partial charge on any atom is -0.378 e. The molecule has 38 heavy (non-hydrogen) atoms. The predicted molar refractivity (Wildman–Crippen MR) is 152 cm³/mol. The minimum atomic E-state index is 0.173. The molecule has 0 aliphatic carbocycles. The molecule has 0 spiro atoms. The number of anilines is 1. The van der Waals surface area contributed by atoms with E-state index in [4.69, 9.17) is 43.1 Å². The normalized spacial score (nSPS) is 15.4. The van der Waals surface area contributed by atoms with Gasteiger partial charge in [-0.3, -0.25) is 0 Å². The van der Waals surface area contributed by atoms with Gasteiger partial charge in [-0.25, -0.2) is 0 Å². The maximum Gasteiger partial charge on any atom is 0.149 e. The lowest BCUT2D eigenvalue weighted by Gasteiger charge is -2.33. The highest BCUT2D eigenvalue weighted by Gasteiger charge is 2.27. The molecule has 1 atom stereocenters. The molecule has 0 amide bonds. The Morgan fingerprint density at radius 3 is 2.53 bits per heavy atom. The Kier molecular flexibility index (Phi) is 11.1. The standard InChI is InChI=1S/C28H35Cl2N5O3/c1-35-18-25(24-15-23(29)16-27(30)26(24)19-35)21-4-2-3-20(13-21)22-14-28(34-33-17-22)32-6-8-37-10-12-38-11-9-36-7-5-31/h2-4,13-17,25H,5-12,18-19,31H2,1H3,(H,32,34)/t25-/m0/s1. The van der Waals surface area contributed by atoms with Gasteiger partial charge in [-0.05, 0) is 47.5 Å². The van der Waals surface area contributed by atoms with Crippen LogP contribution in [0.15, 0.2) is 48.7 Å². The molecular formula is C28H35Cl2N5O3. The van der Waals surface area contributed by atoms with Gasteiger partial charge in [0.05, 0.1) is 45.8 Å². The van der Waals surface area contributed by atoms with E-state index in [0.29, 0.717) is 63.6 Å². The lowest BCUT2D eigenvalue weighted by atomic mass is 9.84. The average Bonchev–Trinajstić information content (AvgIpc) is 2.92. The second-order valence-electron chi connectivity index (χ2n) is 9.21. The first-order valence-corrected chi connectivity index (χ1v) is 13.6. The van der Waals surface area contributed by atoms with E-state index in [1.165, 1.54) is 11.1 Å². The first-order chi connectivity index (χ1) is 18.5. The van der Waals surface area contributed by atoms with Crippen LogP contribution in [0.3, 0.4) is 0 Å². The number of rotatable bonds is 14. The van der Waals surface area contributed by atoms with E-state index < -0.39 is 0 Å². The van der Waals surface area contributed by atoms with Crippen LogP contribution >= 0.6 is 23.2 Å². The van der Waals surface area contributed by atoms with Crippen LogP contribution in [0.5, 0.6) is 0 Å². The molecular weight excluding hydrogens is 525 g/mol. The molecule has 2 heterocycles. The summed E-state index contributed by atoms with van der Waals surface area (Å²) < 4.78 is 16.3. The zero-order valence-electron chi connectivity index (χ0n) is 21.7. The molecule has 0 saturated carbocycles. The number of benzene rings is 2. The van der Waals surface area contributed by atoms with Crippen molar-refractivity contribution in [1.82, 2.24) is 15.1 Å². The fourth-order valence-corrected chi connectivity index (χ4v) is 5.12. The number of aromatic nitrogens is 2. The average molecular weight is 561 g/mol. The summed E-state index contributed by atoms with van der Waals surface area (Å²) in [7, 11) is 2.12. The molecule has 1 aliphatic heterocycles. The van der Waals surface area contributed by atoms with Crippen molar-refractivity contribution in [3.05, 3.63) is 75.4 Å². The number of hydrogen-bond donors (Lipinski definition) is 2. The lowest BCUT2D eigenvalue weighted by molar-refractivity contribution is 0.0179. The lowest BCUT2D eigenvalue weighted by Crippen LogP contribution is -2.31. The van der Waals surface area contributed by atoms with Crippen molar-refractivity contribution in [2.75, 3.05) is 71.6 Å². The van der Waals surface area contributed by atoms with Crippen LogP contribution in [0.25, 0.3) is 11.1 Å². The molecule has 3 aromatic rings. The van der Waals surface area contributed by atoms with Gasteiger partial charge in [0, 0.05) is 47.7 Å². The zero-order valence-corrected chi connectivity index (χ0v) is 23.2. The summed E-state index contributed by atoms with van der Waals surface area (Å²) in [6, 6.07) is 14.4. The van der Waals surface area contributed by atoms with Crippen molar-refractivity contribution in [3.8, 4) is 11.1 Å². The summed E-state index contributed by atoms with van der Waals surface area (Å²) in [6.07, 6.45) is 1.78. The smallest absolute Gasteiger partial charge is 0.149 e. The van der Waals surface area contributed by atoms with Crippen molar-refractivity contribution in [1.29, 1.82) is 0 Å². The van der Waals surface area contributed by atoms with E-state index in [1.54, 1.807) is 6.20 Å². The zero-order chi connectivity index (χ0) is 26.7. The molecule has 204 valence electrons. The first-order valence-electron chi connectivity index (χ1n) is 12.8. The summed E-state index contributed by atoms with van der Waals surface area (Å²) in [5, 5.41) is 13.1. The summed E-state index contributed by atoms with van der Waals surface area (Å²) in [5.74, 6) is 0.873. The van der Waals surface area contributed by atoms with Crippen LogP contribution in [-0.4, -0.2) is 81.4 Å². The Labute approximate surface area is 234 Å². The Bertz CT molecular complexity index is 1180. The highest BCUT2D eigenvalue weighted by atomic mass is 35.5. The molecule has 10 heteroatoms. The molecule has 0 fully saturated rings. The van der Waals surface area contributed by atoms with Gasteiger partial charge >= 0.3 is 0 Å². The Hall–Kier alpha value is -2.30. The van der Waals surface area contributed by atoms with Gasteiger partial charge in [0.1, 0.15) is 5.82 Å². The number of nitrogens with two attached hydrogens (primary N) is 1. The molecule has 4 rings (SSSR count). The van der Waals surface area contributed by atoms with Crippen LogP contribution in [0, 0.1) is 0 Å². The van der Waals surface area contributed by atoms with Crippen molar-refractivity contribution >= 4 is 29.0 Å². The molecule has 1 aromatic heterocycles. The number of hydrogen-bond acceptors (Lipinski definition) is 8. The molecule has 0 saturated heterocycles.